The quantitative estimate of drug-likeness (QED) is 0.498. The second kappa shape index (κ2) is 7.36. The minimum absolute atomic E-state index is 0.0683. The minimum atomic E-state index is -0.0683. The molecule has 4 aromatic rings. The molecule has 0 amide bonds. The van der Waals surface area contributed by atoms with Gasteiger partial charge in [-0.05, 0) is 25.5 Å². The van der Waals surface area contributed by atoms with E-state index in [1.54, 1.807) is 16.7 Å². The molecule has 0 unspecified atom stereocenters. The number of thioether (sulfide) groups is 1. The highest BCUT2D eigenvalue weighted by Crippen LogP contribution is 2.25. The summed E-state index contributed by atoms with van der Waals surface area (Å²) in [7, 11) is 0. The Balaban J connectivity index is 1.61. The van der Waals surface area contributed by atoms with Crippen molar-refractivity contribution in [2.75, 3.05) is 0 Å². The minimum Gasteiger partial charge on any atom is -0.302 e. The summed E-state index contributed by atoms with van der Waals surface area (Å²) in [5, 5.41) is 9.51. The largest absolute Gasteiger partial charge is 0.302 e. The molecule has 0 fully saturated rings. The molecule has 3 heterocycles. The highest BCUT2D eigenvalue weighted by Gasteiger charge is 2.13. The Bertz CT molecular complexity index is 1150. The lowest BCUT2D eigenvalue weighted by atomic mass is 10.2. The molecule has 0 N–H and O–H groups in total. The predicted octanol–water partition coefficient (Wildman–Crippen LogP) is 3.57. The highest BCUT2D eigenvalue weighted by atomic mass is 32.2. The third kappa shape index (κ3) is 3.50. The van der Waals surface area contributed by atoms with Gasteiger partial charge in [0, 0.05) is 30.1 Å². The molecule has 0 atom stereocenters. The lowest BCUT2D eigenvalue weighted by Gasteiger charge is -2.08. The Morgan fingerprint density at radius 3 is 2.67 bits per heavy atom. The van der Waals surface area contributed by atoms with E-state index >= 15 is 0 Å². The Labute approximate surface area is 160 Å². The summed E-state index contributed by atoms with van der Waals surface area (Å²) in [6.07, 6.45) is 1.81. The van der Waals surface area contributed by atoms with Gasteiger partial charge in [0.15, 0.2) is 11.0 Å². The third-order valence-electron chi connectivity index (χ3n) is 4.27. The standard InChI is InChI=1S/C20H19N5OS/c1-3-24-19(15-7-5-4-6-8-15)22-23-20(24)27-13-16-11-18(26)25-12-14(2)9-10-17(25)21-16/h4-12H,3,13H2,1-2H3. The van der Waals surface area contributed by atoms with Crippen LogP contribution in [0.3, 0.4) is 0 Å². The molecular formula is C20H19N5OS. The molecule has 3 aromatic heterocycles. The van der Waals surface area contributed by atoms with E-state index in [0.717, 1.165) is 34.3 Å². The SMILES string of the molecule is CCn1c(SCc2cc(=O)n3cc(C)ccc3n2)nnc1-c1ccccc1. The van der Waals surface area contributed by atoms with E-state index in [1.807, 2.05) is 49.4 Å². The summed E-state index contributed by atoms with van der Waals surface area (Å²) in [5.74, 6) is 1.41. The van der Waals surface area contributed by atoms with Crippen LogP contribution >= 0.6 is 11.8 Å². The maximum absolute atomic E-state index is 12.4. The molecule has 6 nitrogen and oxygen atoms in total. The van der Waals surface area contributed by atoms with E-state index < -0.39 is 0 Å². The molecule has 0 spiro atoms. The van der Waals surface area contributed by atoms with Gasteiger partial charge in [0.05, 0.1) is 5.69 Å². The van der Waals surface area contributed by atoms with E-state index in [4.69, 9.17) is 0 Å². The van der Waals surface area contributed by atoms with Crippen LogP contribution in [-0.4, -0.2) is 24.1 Å². The number of aromatic nitrogens is 5. The molecule has 136 valence electrons. The Kier molecular flexibility index (Phi) is 4.77. The number of aryl methyl sites for hydroxylation is 1. The molecule has 0 aliphatic heterocycles. The zero-order valence-corrected chi connectivity index (χ0v) is 16.0. The van der Waals surface area contributed by atoms with E-state index in [2.05, 4.69) is 26.7 Å². The number of hydrogen-bond acceptors (Lipinski definition) is 5. The molecule has 1 aromatic carbocycles. The first-order valence-electron chi connectivity index (χ1n) is 8.76. The molecule has 7 heteroatoms. The topological polar surface area (TPSA) is 65.1 Å². The van der Waals surface area contributed by atoms with Gasteiger partial charge in [-0.3, -0.25) is 9.20 Å². The van der Waals surface area contributed by atoms with Gasteiger partial charge in [-0.15, -0.1) is 10.2 Å². The van der Waals surface area contributed by atoms with E-state index in [-0.39, 0.29) is 5.56 Å². The van der Waals surface area contributed by atoms with Crippen LogP contribution in [0.5, 0.6) is 0 Å². The average Bonchev–Trinajstić information content (AvgIpc) is 3.10. The van der Waals surface area contributed by atoms with Crippen LogP contribution in [0.4, 0.5) is 0 Å². The van der Waals surface area contributed by atoms with Crippen molar-refractivity contribution in [2.45, 2.75) is 31.3 Å². The van der Waals surface area contributed by atoms with Crippen molar-refractivity contribution in [3.05, 3.63) is 76.3 Å². The van der Waals surface area contributed by atoms with Gasteiger partial charge in [-0.2, -0.15) is 0 Å². The summed E-state index contributed by atoms with van der Waals surface area (Å²) in [5.41, 5.74) is 3.39. The first kappa shape index (κ1) is 17.5. The molecular weight excluding hydrogens is 358 g/mol. The average molecular weight is 377 g/mol. The molecule has 0 bridgehead atoms. The van der Waals surface area contributed by atoms with Crippen LogP contribution < -0.4 is 5.56 Å². The predicted molar refractivity (Wildman–Crippen MR) is 107 cm³/mol. The van der Waals surface area contributed by atoms with Crippen LogP contribution in [0.1, 0.15) is 18.2 Å². The van der Waals surface area contributed by atoms with Crippen molar-refractivity contribution in [1.29, 1.82) is 0 Å². The van der Waals surface area contributed by atoms with Gasteiger partial charge in [-0.25, -0.2) is 4.98 Å². The highest BCUT2D eigenvalue weighted by molar-refractivity contribution is 7.98. The van der Waals surface area contributed by atoms with Crippen molar-refractivity contribution < 1.29 is 0 Å². The summed E-state index contributed by atoms with van der Waals surface area (Å²) in [4.78, 5) is 17.0. The van der Waals surface area contributed by atoms with Crippen molar-refractivity contribution in [2.24, 2.45) is 0 Å². The van der Waals surface area contributed by atoms with E-state index in [9.17, 15) is 4.79 Å². The first-order chi connectivity index (χ1) is 13.2. The number of rotatable bonds is 5. The smallest absolute Gasteiger partial charge is 0.258 e. The summed E-state index contributed by atoms with van der Waals surface area (Å²) >= 11 is 1.54. The lowest BCUT2D eigenvalue weighted by Crippen LogP contribution is -2.15. The van der Waals surface area contributed by atoms with Crippen LogP contribution in [-0.2, 0) is 12.3 Å². The van der Waals surface area contributed by atoms with Gasteiger partial charge in [0.1, 0.15) is 5.65 Å². The maximum Gasteiger partial charge on any atom is 0.258 e. The number of fused-ring (bicyclic) bond motifs is 1. The fourth-order valence-corrected chi connectivity index (χ4v) is 3.85. The molecule has 0 aliphatic rings. The van der Waals surface area contributed by atoms with E-state index in [1.165, 1.54) is 11.8 Å². The Morgan fingerprint density at radius 2 is 1.89 bits per heavy atom. The Morgan fingerprint density at radius 1 is 1.07 bits per heavy atom. The number of benzene rings is 1. The zero-order valence-electron chi connectivity index (χ0n) is 15.2. The van der Waals surface area contributed by atoms with Gasteiger partial charge < -0.3 is 4.57 Å². The van der Waals surface area contributed by atoms with Gasteiger partial charge >= 0.3 is 0 Å². The molecule has 0 saturated heterocycles. The normalized spacial score (nSPS) is 11.2. The van der Waals surface area contributed by atoms with Gasteiger partial charge in [0.25, 0.3) is 5.56 Å². The van der Waals surface area contributed by atoms with Crippen LogP contribution in [0, 0.1) is 6.92 Å². The van der Waals surface area contributed by atoms with Crippen molar-refractivity contribution >= 4 is 17.4 Å². The lowest BCUT2D eigenvalue weighted by molar-refractivity contribution is 0.687. The number of nitrogens with zero attached hydrogens (tertiary/aromatic N) is 5. The number of hydrogen-bond donors (Lipinski definition) is 0. The zero-order chi connectivity index (χ0) is 18.8. The second-order valence-corrected chi connectivity index (χ2v) is 7.17. The summed E-state index contributed by atoms with van der Waals surface area (Å²) < 4.78 is 3.66. The van der Waals surface area contributed by atoms with Gasteiger partial charge in [-0.1, -0.05) is 48.2 Å². The number of pyridine rings is 1. The molecule has 0 aliphatic carbocycles. The third-order valence-corrected chi connectivity index (χ3v) is 5.28. The summed E-state index contributed by atoms with van der Waals surface area (Å²) in [6.45, 7) is 4.80. The summed E-state index contributed by atoms with van der Waals surface area (Å²) in [6, 6.07) is 15.4. The van der Waals surface area contributed by atoms with Crippen LogP contribution in [0.15, 0.2) is 64.7 Å². The molecule has 4 rings (SSSR count). The van der Waals surface area contributed by atoms with Crippen LogP contribution in [0.2, 0.25) is 0 Å². The second-order valence-electron chi connectivity index (χ2n) is 6.23. The van der Waals surface area contributed by atoms with Crippen molar-refractivity contribution in [1.82, 2.24) is 24.1 Å². The first-order valence-corrected chi connectivity index (χ1v) is 9.74. The molecule has 0 radical (unpaired) electrons. The fourth-order valence-electron chi connectivity index (χ4n) is 2.95. The monoisotopic (exact) mass is 377 g/mol. The fraction of sp³-hybridized carbons (Fsp3) is 0.200. The van der Waals surface area contributed by atoms with Crippen molar-refractivity contribution in [3.8, 4) is 11.4 Å². The van der Waals surface area contributed by atoms with E-state index in [0.29, 0.717) is 11.4 Å². The molecule has 0 saturated carbocycles. The van der Waals surface area contributed by atoms with Crippen molar-refractivity contribution in [3.63, 3.8) is 0 Å². The van der Waals surface area contributed by atoms with Crippen LogP contribution in [0.25, 0.3) is 17.0 Å². The Hall–Kier alpha value is -2.93. The van der Waals surface area contributed by atoms with Gasteiger partial charge in [0.2, 0.25) is 0 Å². The molecule has 27 heavy (non-hydrogen) atoms. The maximum atomic E-state index is 12.4.